The van der Waals surface area contributed by atoms with E-state index in [0.717, 1.165) is 22.6 Å². The minimum Gasteiger partial charge on any atom is -0.367 e. The van der Waals surface area contributed by atoms with Crippen LogP contribution >= 0.6 is 0 Å². The van der Waals surface area contributed by atoms with Gasteiger partial charge >= 0.3 is 0 Å². The molecule has 94 valence electrons. The number of rotatable bonds is 3. The van der Waals surface area contributed by atoms with Gasteiger partial charge in [0.15, 0.2) is 0 Å². The average molecular weight is 252 g/mol. The Morgan fingerprint density at radius 1 is 1.16 bits per heavy atom. The van der Waals surface area contributed by atoms with Crippen molar-refractivity contribution in [3.8, 4) is 11.4 Å². The third-order valence-electron chi connectivity index (χ3n) is 3.18. The number of fused-ring (bicyclic) bond motifs is 1. The molecule has 0 amide bonds. The molecule has 1 fully saturated rings. The Morgan fingerprint density at radius 3 is 2.89 bits per heavy atom. The lowest BCUT2D eigenvalue weighted by atomic mass is 10.2. The summed E-state index contributed by atoms with van der Waals surface area (Å²) in [5.41, 5.74) is 2.08. The van der Waals surface area contributed by atoms with Gasteiger partial charge in [-0.15, -0.1) is 0 Å². The molecule has 1 saturated carbocycles. The van der Waals surface area contributed by atoms with Crippen molar-refractivity contribution in [2.75, 3.05) is 5.32 Å². The molecule has 0 unspecified atom stereocenters. The van der Waals surface area contributed by atoms with E-state index in [1.54, 1.807) is 6.20 Å². The van der Waals surface area contributed by atoms with Crippen LogP contribution in [0.25, 0.3) is 22.5 Å². The summed E-state index contributed by atoms with van der Waals surface area (Å²) in [4.78, 5) is 8.72. The lowest BCUT2D eigenvalue weighted by Gasteiger charge is -2.01. The molecule has 5 heteroatoms. The summed E-state index contributed by atoms with van der Waals surface area (Å²) < 4.78 is 5.30. The molecule has 0 aromatic carbocycles. The summed E-state index contributed by atoms with van der Waals surface area (Å²) in [5.74, 6) is 0.846. The maximum absolute atomic E-state index is 5.30. The molecule has 0 radical (unpaired) electrons. The van der Waals surface area contributed by atoms with Gasteiger partial charge in [0.25, 0.3) is 5.71 Å². The van der Waals surface area contributed by atoms with E-state index in [2.05, 4.69) is 20.4 Å². The molecule has 3 aromatic heterocycles. The fourth-order valence-electron chi connectivity index (χ4n) is 2.03. The van der Waals surface area contributed by atoms with Crippen molar-refractivity contribution in [2.45, 2.75) is 18.9 Å². The van der Waals surface area contributed by atoms with E-state index in [-0.39, 0.29) is 0 Å². The van der Waals surface area contributed by atoms with Crippen molar-refractivity contribution < 1.29 is 4.52 Å². The van der Waals surface area contributed by atoms with Gasteiger partial charge in [-0.25, -0.2) is 0 Å². The molecule has 3 aromatic rings. The molecular formula is C14H12N4O. The molecule has 0 saturated heterocycles. The Balaban J connectivity index is 1.77. The van der Waals surface area contributed by atoms with E-state index < -0.39 is 0 Å². The molecule has 0 bridgehead atoms. The van der Waals surface area contributed by atoms with Crippen LogP contribution in [0.1, 0.15) is 12.8 Å². The number of nitrogens with one attached hydrogen (secondary N) is 1. The van der Waals surface area contributed by atoms with Crippen molar-refractivity contribution in [3.63, 3.8) is 0 Å². The molecule has 0 aliphatic heterocycles. The first-order chi connectivity index (χ1) is 9.40. The van der Waals surface area contributed by atoms with Crippen LogP contribution in [0.15, 0.2) is 41.1 Å². The summed E-state index contributed by atoms with van der Waals surface area (Å²) in [7, 11) is 0. The van der Waals surface area contributed by atoms with Gasteiger partial charge < -0.3 is 9.84 Å². The Bertz CT molecular complexity index is 719. The Morgan fingerprint density at radius 2 is 2.11 bits per heavy atom. The second-order valence-corrected chi connectivity index (χ2v) is 4.71. The number of pyridine rings is 2. The highest BCUT2D eigenvalue weighted by Crippen LogP contribution is 2.28. The average Bonchev–Trinajstić information content (AvgIpc) is 3.17. The van der Waals surface area contributed by atoms with Gasteiger partial charge in [-0.3, -0.25) is 4.98 Å². The highest BCUT2D eigenvalue weighted by molar-refractivity contribution is 5.89. The first-order valence-corrected chi connectivity index (χ1v) is 6.34. The number of hydrogen-bond acceptors (Lipinski definition) is 5. The van der Waals surface area contributed by atoms with Crippen LogP contribution in [0.4, 0.5) is 5.82 Å². The standard InChI is InChI=1S/C14H12N4O/c1-2-8-15-11(3-1)13-10-6-7-12(16-9-4-5-9)17-14(10)19-18-13/h1-3,6-9H,4-5H2,(H,16,17). The summed E-state index contributed by atoms with van der Waals surface area (Å²) >= 11 is 0. The predicted octanol–water partition coefficient (Wildman–Crippen LogP) is 2.86. The largest absolute Gasteiger partial charge is 0.367 e. The van der Waals surface area contributed by atoms with Gasteiger partial charge in [0, 0.05) is 12.2 Å². The van der Waals surface area contributed by atoms with Crippen molar-refractivity contribution in [3.05, 3.63) is 36.5 Å². The first kappa shape index (κ1) is 10.5. The monoisotopic (exact) mass is 252 g/mol. The van der Waals surface area contributed by atoms with Gasteiger partial charge in [0.2, 0.25) is 0 Å². The number of aromatic nitrogens is 3. The predicted molar refractivity (Wildman–Crippen MR) is 71.7 cm³/mol. The SMILES string of the molecule is c1ccc(-c2noc3nc(NC4CC4)ccc23)nc1. The topological polar surface area (TPSA) is 63.8 Å². The second kappa shape index (κ2) is 4.05. The number of hydrogen-bond donors (Lipinski definition) is 1. The van der Waals surface area contributed by atoms with Gasteiger partial charge in [0.05, 0.1) is 11.1 Å². The number of nitrogens with zero attached hydrogens (tertiary/aromatic N) is 3. The van der Waals surface area contributed by atoms with E-state index >= 15 is 0 Å². The normalized spacial score (nSPS) is 14.7. The minimum atomic E-state index is 0.548. The molecule has 1 aliphatic carbocycles. The van der Waals surface area contributed by atoms with E-state index in [4.69, 9.17) is 4.52 Å². The highest BCUT2D eigenvalue weighted by Gasteiger charge is 2.22. The smallest absolute Gasteiger partial charge is 0.260 e. The zero-order chi connectivity index (χ0) is 12.7. The van der Waals surface area contributed by atoms with Crippen LogP contribution in [0.3, 0.4) is 0 Å². The van der Waals surface area contributed by atoms with Crippen molar-refractivity contribution in [1.82, 2.24) is 15.1 Å². The van der Waals surface area contributed by atoms with Gasteiger partial charge in [-0.1, -0.05) is 11.2 Å². The molecule has 0 spiro atoms. The second-order valence-electron chi connectivity index (χ2n) is 4.71. The van der Waals surface area contributed by atoms with Crippen LogP contribution in [0.5, 0.6) is 0 Å². The molecule has 0 atom stereocenters. The Labute approximate surface area is 109 Å². The summed E-state index contributed by atoms with van der Waals surface area (Å²) in [5, 5.41) is 8.31. The first-order valence-electron chi connectivity index (χ1n) is 6.34. The molecule has 3 heterocycles. The molecule has 5 nitrogen and oxygen atoms in total. The van der Waals surface area contributed by atoms with Gasteiger partial charge in [0.1, 0.15) is 11.5 Å². The molecule has 1 aliphatic rings. The molecular weight excluding hydrogens is 240 g/mol. The molecule has 19 heavy (non-hydrogen) atoms. The van der Waals surface area contributed by atoms with Crippen LogP contribution < -0.4 is 5.32 Å². The van der Waals surface area contributed by atoms with E-state index in [1.165, 1.54) is 12.8 Å². The maximum atomic E-state index is 5.30. The maximum Gasteiger partial charge on any atom is 0.260 e. The zero-order valence-electron chi connectivity index (χ0n) is 10.2. The Hall–Kier alpha value is -2.43. The third-order valence-corrected chi connectivity index (χ3v) is 3.18. The van der Waals surface area contributed by atoms with Crippen molar-refractivity contribution in [2.24, 2.45) is 0 Å². The van der Waals surface area contributed by atoms with Crippen LogP contribution in [0, 0.1) is 0 Å². The highest BCUT2D eigenvalue weighted by atomic mass is 16.5. The summed E-state index contributed by atoms with van der Waals surface area (Å²) in [6, 6.07) is 10.2. The summed E-state index contributed by atoms with van der Waals surface area (Å²) in [6.07, 6.45) is 4.18. The third kappa shape index (κ3) is 1.93. The van der Waals surface area contributed by atoms with Gasteiger partial charge in [-0.2, -0.15) is 4.98 Å². The lowest BCUT2D eigenvalue weighted by molar-refractivity contribution is 0.451. The van der Waals surface area contributed by atoms with E-state index in [9.17, 15) is 0 Å². The Kier molecular flexibility index (Phi) is 2.24. The lowest BCUT2D eigenvalue weighted by Crippen LogP contribution is -2.02. The van der Waals surface area contributed by atoms with Crippen LogP contribution in [-0.2, 0) is 0 Å². The van der Waals surface area contributed by atoms with E-state index in [1.807, 2.05) is 30.3 Å². The zero-order valence-corrected chi connectivity index (χ0v) is 10.2. The number of anilines is 1. The van der Waals surface area contributed by atoms with Crippen molar-refractivity contribution >= 4 is 16.9 Å². The van der Waals surface area contributed by atoms with Crippen LogP contribution in [-0.4, -0.2) is 21.2 Å². The minimum absolute atomic E-state index is 0.548. The van der Waals surface area contributed by atoms with E-state index in [0.29, 0.717) is 11.8 Å². The quantitative estimate of drug-likeness (QED) is 0.776. The fraction of sp³-hybridized carbons (Fsp3) is 0.214. The van der Waals surface area contributed by atoms with Crippen LogP contribution in [0.2, 0.25) is 0 Å². The molecule has 1 N–H and O–H groups in total. The molecule has 4 rings (SSSR count). The summed E-state index contributed by atoms with van der Waals surface area (Å²) in [6.45, 7) is 0. The fourth-order valence-corrected chi connectivity index (χ4v) is 2.03. The van der Waals surface area contributed by atoms with Gasteiger partial charge in [-0.05, 0) is 37.1 Å². The van der Waals surface area contributed by atoms with Crippen molar-refractivity contribution in [1.29, 1.82) is 0 Å².